The minimum atomic E-state index is 0.661. The van der Waals surface area contributed by atoms with Gasteiger partial charge in [-0.3, -0.25) is 9.97 Å². The van der Waals surface area contributed by atoms with E-state index in [1.165, 1.54) is 33.4 Å². The zero-order chi connectivity index (χ0) is 36.1. The highest BCUT2D eigenvalue weighted by atomic mass is 14.9. The minimum absolute atomic E-state index is 0.661. The lowest BCUT2D eigenvalue weighted by molar-refractivity contribution is 1.18. The number of hydrogen-bond donors (Lipinski definition) is 0. The highest BCUT2D eigenvalue weighted by molar-refractivity contribution is 5.83. The molecule has 4 heteroatoms. The first-order valence-electron chi connectivity index (χ1n) is 18.0. The molecule has 4 nitrogen and oxygen atoms in total. The Morgan fingerprint density at radius 2 is 0.519 bits per heavy atom. The molecule has 0 atom stereocenters. The van der Waals surface area contributed by atoms with Crippen molar-refractivity contribution in [1.82, 2.24) is 19.9 Å². The van der Waals surface area contributed by atoms with Crippen molar-refractivity contribution < 1.29 is 0 Å². The van der Waals surface area contributed by atoms with Gasteiger partial charge in [-0.2, -0.15) is 0 Å². The van der Waals surface area contributed by atoms with E-state index in [2.05, 4.69) is 162 Å². The first kappa shape index (κ1) is 32.6. The fourth-order valence-corrected chi connectivity index (χ4v) is 6.83. The second kappa shape index (κ2) is 14.7. The van der Waals surface area contributed by atoms with Gasteiger partial charge in [0.05, 0.1) is 11.4 Å². The van der Waals surface area contributed by atoms with Gasteiger partial charge in [-0.05, 0) is 104 Å². The van der Waals surface area contributed by atoms with Crippen molar-refractivity contribution in [1.29, 1.82) is 0 Å². The lowest BCUT2D eigenvalue weighted by Gasteiger charge is -2.13. The molecule has 0 amide bonds. The number of benzene rings is 6. The van der Waals surface area contributed by atoms with E-state index in [0.29, 0.717) is 5.82 Å². The van der Waals surface area contributed by atoms with E-state index in [0.717, 1.165) is 50.3 Å². The van der Waals surface area contributed by atoms with Crippen LogP contribution in [0.15, 0.2) is 207 Å². The van der Waals surface area contributed by atoms with Gasteiger partial charge in [-0.15, -0.1) is 0 Å². The Balaban J connectivity index is 1.10. The highest BCUT2D eigenvalue weighted by Gasteiger charge is 2.13. The average Bonchev–Trinajstić information content (AvgIpc) is 3.27. The summed E-state index contributed by atoms with van der Waals surface area (Å²) in [5, 5.41) is 0. The van der Waals surface area contributed by atoms with Crippen LogP contribution in [0, 0.1) is 0 Å². The van der Waals surface area contributed by atoms with E-state index in [9.17, 15) is 0 Å². The van der Waals surface area contributed by atoms with Crippen LogP contribution in [0.5, 0.6) is 0 Å². The maximum Gasteiger partial charge on any atom is 0.160 e. The highest BCUT2D eigenvalue weighted by Crippen LogP contribution is 2.36. The Morgan fingerprint density at radius 1 is 0.222 bits per heavy atom. The molecular weight excluding hydrogens is 657 g/mol. The van der Waals surface area contributed by atoms with E-state index >= 15 is 0 Å². The summed E-state index contributed by atoms with van der Waals surface area (Å²) in [4.78, 5) is 18.4. The second-order valence-corrected chi connectivity index (χ2v) is 13.2. The van der Waals surface area contributed by atoms with Crippen molar-refractivity contribution in [3.8, 4) is 89.5 Å². The molecule has 3 aromatic heterocycles. The van der Waals surface area contributed by atoms with Crippen molar-refractivity contribution in [2.24, 2.45) is 0 Å². The topological polar surface area (TPSA) is 51.6 Å². The number of hydrogen-bond acceptors (Lipinski definition) is 4. The summed E-state index contributed by atoms with van der Waals surface area (Å²) in [6.07, 6.45) is 7.15. The molecule has 0 fully saturated rings. The van der Waals surface area contributed by atoms with Gasteiger partial charge in [0.1, 0.15) is 0 Å². The zero-order valence-corrected chi connectivity index (χ0v) is 29.4. The summed E-state index contributed by atoms with van der Waals surface area (Å²) in [6, 6.07) is 64.1. The van der Waals surface area contributed by atoms with Crippen molar-refractivity contribution in [3.63, 3.8) is 0 Å². The first-order chi connectivity index (χ1) is 26.7. The quantitative estimate of drug-likeness (QED) is 0.159. The van der Waals surface area contributed by atoms with E-state index < -0.39 is 0 Å². The molecule has 0 aliphatic rings. The smallest absolute Gasteiger partial charge is 0.160 e. The molecule has 9 rings (SSSR count). The number of pyridine rings is 2. The maximum absolute atomic E-state index is 5.01. The fraction of sp³-hybridized carbons (Fsp3) is 0. The molecule has 0 radical (unpaired) electrons. The molecule has 0 saturated heterocycles. The monoisotopic (exact) mass is 690 g/mol. The Kier molecular flexibility index (Phi) is 8.90. The van der Waals surface area contributed by atoms with Crippen LogP contribution < -0.4 is 0 Å². The van der Waals surface area contributed by atoms with Crippen LogP contribution in [-0.4, -0.2) is 19.9 Å². The Morgan fingerprint density at radius 3 is 0.870 bits per heavy atom. The number of nitrogens with zero attached hydrogens (tertiary/aromatic N) is 4. The molecule has 0 spiro atoms. The minimum Gasteiger partial charge on any atom is -0.265 e. The molecule has 0 aliphatic carbocycles. The van der Waals surface area contributed by atoms with E-state index in [-0.39, 0.29) is 0 Å². The van der Waals surface area contributed by atoms with Crippen molar-refractivity contribution in [2.45, 2.75) is 0 Å². The van der Waals surface area contributed by atoms with Gasteiger partial charge >= 0.3 is 0 Å². The molecule has 0 N–H and O–H groups in total. The molecule has 0 saturated carbocycles. The summed E-state index contributed by atoms with van der Waals surface area (Å²) < 4.78 is 0. The summed E-state index contributed by atoms with van der Waals surface area (Å²) in [5.41, 5.74) is 16.3. The van der Waals surface area contributed by atoms with Gasteiger partial charge in [-0.1, -0.05) is 133 Å². The van der Waals surface area contributed by atoms with E-state index in [1.807, 2.05) is 30.3 Å². The standard InChI is InChI=1S/C50H34N4/c1-3-7-35(8-4-1)37-11-15-39(16-12-37)45-31-46(40-17-13-38(14-18-40)36-9-5-2-6-10-36)33-47(32-45)41-19-21-44(22-20-41)50-53-48(42-23-27-51-28-24-42)34-49(54-50)43-25-29-52-30-26-43/h1-34H. The maximum atomic E-state index is 5.01. The number of aromatic nitrogens is 4. The van der Waals surface area contributed by atoms with Gasteiger partial charge in [0.2, 0.25) is 0 Å². The van der Waals surface area contributed by atoms with Gasteiger partial charge in [0, 0.05) is 41.5 Å². The largest absolute Gasteiger partial charge is 0.265 e. The molecule has 0 aliphatic heterocycles. The fourth-order valence-electron chi connectivity index (χ4n) is 6.83. The summed E-state index contributed by atoms with van der Waals surface area (Å²) in [7, 11) is 0. The predicted octanol–water partition coefficient (Wildman–Crippen LogP) is 12.6. The SMILES string of the molecule is c1ccc(-c2ccc(-c3cc(-c4ccc(-c5ccccc5)cc4)cc(-c4ccc(-c5nc(-c6ccncc6)cc(-c6ccncc6)n5)cc4)c3)cc2)cc1. The molecule has 6 aromatic carbocycles. The Labute approximate surface area is 315 Å². The molecule has 54 heavy (non-hydrogen) atoms. The lowest BCUT2D eigenvalue weighted by atomic mass is 9.91. The first-order valence-corrected chi connectivity index (χ1v) is 18.0. The molecule has 9 aromatic rings. The van der Waals surface area contributed by atoms with Crippen LogP contribution in [0.4, 0.5) is 0 Å². The van der Waals surface area contributed by atoms with Crippen molar-refractivity contribution in [3.05, 3.63) is 207 Å². The third kappa shape index (κ3) is 6.97. The van der Waals surface area contributed by atoms with Crippen LogP contribution in [-0.2, 0) is 0 Å². The van der Waals surface area contributed by atoms with E-state index in [4.69, 9.17) is 9.97 Å². The van der Waals surface area contributed by atoms with Crippen LogP contribution in [0.2, 0.25) is 0 Å². The Bertz CT molecular complexity index is 2480. The lowest BCUT2D eigenvalue weighted by Crippen LogP contribution is -1.96. The van der Waals surface area contributed by atoms with E-state index in [1.54, 1.807) is 24.8 Å². The normalized spacial score (nSPS) is 11.0. The van der Waals surface area contributed by atoms with Gasteiger partial charge in [0.25, 0.3) is 0 Å². The van der Waals surface area contributed by atoms with Gasteiger partial charge in [-0.25, -0.2) is 9.97 Å². The summed E-state index contributed by atoms with van der Waals surface area (Å²) in [6.45, 7) is 0. The van der Waals surface area contributed by atoms with Crippen LogP contribution >= 0.6 is 0 Å². The summed E-state index contributed by atoms with van der Waals surface area (Å²) in [5.74, 6) is 0.661. The average molecular weight is 691 g/mol. The van der Waals surface area contributed by atoms with Crippen LogP contribution in [0.3, 0.4) is 0 Å². The predicted molar refractivity (Wildman–Crippen MR) is 221 cm³/mol. The molecular formula is C50H34N4. The van der Waals surface area contributed by atoms with Crippen molar-refractivity contribution in [2.75, 3.05) is 0 Å². The van der Waals surface area contributed by atoms with Crippen LogP contribution in [0.1, 0.15) is 0 Å². The molecule has 0 bridgehead atoms. The zero-order valence-electron chi connectivity index (χ0n) is 29.4. The third-order valence-electron chi connectivity index (χ3n) is 9.74. The number of rotatable bonds is 8. The van der Waals surface area contributed by atoms with Crippen LogP contribution in [0.25, 0.3) is 89.5 Å². The second-order valence-electron chi connectivity index (χ2n) is 13.2. The van der Waals surface area contributed by atoms with Crippen molar-refractivity contribution >= 4 is 0 Å². The Hall–Kier alpha value is -7.30. The molecule has 254 valence electrons. The third-order valence-corrected chi connectivity index (χ3v) is 9.74. The molecule has 3 heterocycles. The van der Waals surface area contributed by atoms with Gasteiger partial charge in [0.15, 0.2) is 5.82 Å². The van der Waals surface area contributed by atoms with Gasteiger partial charge < -0.3 is 0 Å². The summed E-state index contributed by atoms with van der Waals surface area (Å²) >= 11 is 0. The molecule has 0 unspecified atom stereocenters.